The van der Waals surface area contributed by atoms with Gasteiger partial charge in [-0.05, 0) is 51.1 Å². The maximum absolute atomic E-state index is 10.4. The minimum Gasteiger partial charge on any atom is -0.481 e. The summed E-state index contributed by atoms with van der Waals surface area (Å²) >= 11 is 0. The van der Waals surface area contributed by atoms with Gasteiger partial charge in [0.2, 0.25) is 0 Å². The molecule has 3 heteroatoms. The highest BCUT2D eigenvalue weighted by atomic mass is 16.4. The Kier molecular flexibility index (Phi) is 3.29. The van der Waals surface area contributed by atoms with E-state index in [-0.39, 0.29) is 0 Å². The normalized spacial score (nSPS) is 33.9. The second-order valence-electron chi connectivity index (χ2n) is 5.22. The van der Waals surface area contributed by atoms with E-state index in [2.05, 4.69) is 11.9 Å². The second-order valence-corrected chi connectivity index (χ2v) is 5.22. The summed E-state index contributed by atoms with van der Waals surface area (Å²) in [5.74, 6) is 1.21. The fourth-order valence-electron chi connectivity index (χ4n) is 3.40. The molecule has 3 atom stereocenters. The van der Waals surface area contributed by atoms with E-state index in [4.69, 9.17) is 5.11 Å². The summed E-state index contributed by atoms with van der Waals surface area (Å²) in [5, 5.41) is 8.58. The van der Waals surface area contributed by atoms with Crippen LogP contribution in [0.3, 0.4) is 0 Å². The van der Waals surface area contributed by atoms with Crippen LogP contribution in [0, 0.1) is 11.8 Å². The molecule has 0 saturated heterocycles. The fraction of sp³-hybridized carbons (Fsp3) is 0.917. The third-order valence-electron chi connectivity index (χ3n) is 4.17. The third kappa shape index (κ3) is 2.51. The number of fused-ring (bicyclic) bond motifs is 2. The quantitative estimate of drug-likeness (QED) is 0.756. The van der Waals surface area contributed by atoms with Gasteiger partial charge in [0, 0.05) is 12.5 Å². The van der Waals surface area contributed by atoms with Crippen molar-refractivity contribution in [2.45, 2.75) is 44.6 Å². The number of nitrogens with zero attached hydrogens (tertiary/aromatic N) is 1. The Morgan fingerprint density at radius 2 is 2.20 bits per heavy atom. The first-order valence-electron chi connectivity index (χ1n) is 6.09. The summed E-state index contributed by atoms with van der Waals surface area (Å²) in [6, 6.07) is 0.748. The van der Waals surface area contributed by atoms with Gasteiger partial charge < -0.3 is 10.0 Å². The van der Waals surface area contributed by atoms with Gasteiger partial charge in [-0.2, -0.15) is 0 Å². The first-order valence-corrected chi connectivity index (χ1v) is 6.09. The van der Waals surface area contributed by atoms with Crippen LogP contribution in [0.4, 0.5) is 0 Å². The molecule has 0 radical (unpaired) electrons. The van der Waals surface area contributed by atoms with Crippen molar-refractivity contribution < 1.29 is 9.90 Å². The molecule has 1 N–H and O–H groups in total. The van der Waals surface area contributed by atoms with E-state index >= 15 is 0 Å². The summed E-state index contributed by atoms with van der Waals surface area (Å²) in [7, 11) is 2.16. The monoisotopic (exact) mass is 211 g/mol. The number of carboxylic acids is 1. The van der Waals surface area contributed by atoms with Crippen molar-refractivity contribution in [3.63, 3.8) is 0 Å². The molecule has 0 amide bonds. The standard InChI is InChI=1S/C12H21NO2/c1-13(6-2-3-12(14)15)11-8-9-4-5-10(11)7-9/h9-11H,2-8H2,1H3,(H,14,15). The minimum atomic E-state index is -0.670. The van der Waals surface area contributed by atoms with Gasteiger partial charge >= 0.3 is 5.97 Å². The summed E-state index contributed by atoms with van der Waals surface area (Å²) < 4.78 is 0. The zero-order valence-corrected chi connectivity index (χ0v) is 9.48. The first kappa shape index (κ1) is 10.9. The topological polar surface area (TPSA) is 40.5 Å². The maximum atomic E-state index is 10.4. The van der Waals surface area contributed by atoms with Crippen LogP contribution in [0.25, 0.3) is 0 Å². The lowest BCUT2D eigenvalue weighted by Gasteiger charge is -2.31. The molecule has 0 aromatic rings. The molecular weight excluding hydrogens is 190 g/mol. The van der Waals surface area contributed by atoms with E-state index < -0.39 is 5.97 Å². The Bertz CT molecular complexity index is 242. The highest BCUT2D eigenvalue weighted by Gasteiger charge is 2.40. The van der Waals surface area contributed by atoms with Gasteiger partial charge in [0.15, 0.2) is 0 Å². The van der Waals surface area contributed by atoms with E-state index in [1.165, 1.54) is 25.7 Å². The second kappa shape index (κ2) is 4.52. The van der Waals surface area contributed by atoms with Crippen molar-refractivity contribution in [3.8, 4) is 0 Å². The SMILES string of the molecule is CN(CCCC(=O)O)C1CC2CCC1C2. The minimum absolute atomic E-state index is 0.311. The Balaban J connectivity index is 1.72. The van der Waals surface area contributed by atoms with Gasteiger partial charge in [-0.1, -0.05) is 6.42 Å². The predicted molar refractivity (Wildman–Crippen MR) is 58.7 cm³/mol. The van der Waals surface area contributed by atoms with Gasteiger partial charge in [-0.3, -0.25) is 4.79 Å². The number of aliphatic carboxylic acids is 1. The summed E-state index contributed by atoms with van der Waals surface area (Å²) in [6.07, 6.45) is 6.72. The van der Waals surface area contributed by atoms with Crippen molar-refractivity contribution in [3.05, 3.63) is 0 Å². The van der Waals surface area contributed by atoms with Crippen LogP contribution in [0.5, 0.6) is 0 Å². The molecular formula is C12H21NO2. The Hall–Kier alpha value is -0.570. The average molecular weight is 211 g/mol. The lowest BCUT2D eigenvalue weighted by atomic mass is 9.94. The largest absolute Gasteiger partial charge is 0.481 e. The summed E-state index contributed by atoms with van der Waals surface area (Å²) in [5.41, 5.74) is 0. The van der Waals surface area contributed by atoms with E-state index in [9.17, 15) is 4.79 Å². The zero-order chi connectivity index (χ0) is 10.8. The molecule has 3 nitrogen and oxygen atoms in total. The van der Waals surface area contributed by atoms with Crippen LogP contribution in [0.2, 0.25) is 0 Å². The number of carbonyl (C=O) groups is 1. The van der Waals surface area contributed by atoms with Crippen LogP contribution in [0.15, 0.2) is 0 Å². The molecule has 86 valence electrons. The number of hydrogen-bond donors (Lipinski definition) is 1. The van der Waals surface area contributed by atoms with E-state index in [0.29, 0.717) is 6.42 Å². The number of carboxylic acid groups (broad SMARTS) is 1. The van der Waals surface area contributed by atoms with Crippen molar-refractivity contribution in [1.29, 1.82) is 0 Å². The summed E-state index contributed by atoms with van der Waals surface area (Å²) in [4.78, 5) is 12.8. The highest BCUT2D eigenvalue weighted by Crippen LogP contribution is 2.46. The van der Waals surface area contributed by atoms with Gasteiger partial charge in [0.1, 0.15) is 0 Å². The van der Waals surface area contributed by atoms with Crippen molar-refractivity contribution in [1.82, 2.24) is 4.90 Å². The molecule has 3 unspecified atom stereocenters. The van der Waals surface area contributed by atoms with Crippen LogP contribution in [0.1, 0.15) is 38.5 Å². The average Bonchev–Trinajstić information content (AvgIpc) is 2.77. The van der Waals surface area contributed by atoms with Gasteiger partial charge in [-0.15, -0.1) is 0 Å². The van der Waals surface area contributed by atoms with Crippen molar-refractivity contribution in [2.24, 2.45) is 11.8 Å². The lowest BCUT2D eigenvalue weighted by Crippen LogP contribution is -2.36. The molecule has 0 aromatic carbocycles. The van der Waals surface area contributed by atoms with Gasteiger partial charge in [-0.25, -0.2) is 0 Å². The molecule has 0 spiro atoms. The van der Waals surface area contributed by atoms with E-state index in [1.807, 2.05) is 0 Å². The predicted octanol–water partition coefficient (Wildman–Crippen LogP) is 1.97. The molecule has 0 heterocycles. The Labute approximate surface area is 91.5 Å². The number of rotatable bonds is 5. The molecule has 0 aromatic heterocycles. The molecule has 2 aliphatic rings. The first-order chi connectivity index (χ1) is 7.16. The Morgan fingerprint density at radius 3 is 2.73 bits per heavy atom. The van der Waals surface area contributed by atoms with E-state index in [1.54, 1.807) is 0 Å². The maximum Gasteiger partial charge on any atom is 0.303 e. The lowest BCUT2D eigenvalue weighted by molar-refractivity contribution is -0.137. The molecule has 15 heavy (non-hydrogen) atoms. The van der Waals surface area contributed by atoms with Crippen LogP contribution in [-0.4, -0.2) is 35.6 Å². The van der Waals surface area contributed by atoms with Crippen LogP contribution < -0.4 is 0 Å². The zero-order valence-electron chi connectivity index (χ0n) is 9.48. The third-order valence-corrected chi connectivity index (χ3v) is 4.17. The fourth-order valence-corrected chi connectivity index (χ4v) is 3.40. The molecule has 2 saturated carbocycles. The van der Waals surface area contributed by atoms with Gasteiger partial charge in [0.05, 0.1) is 0 Å². The van der Waals surface area contributed by atoms with Crippen LogP contribution in [-0.2, 0) is 4.79 Å². The number of hydrogen-bond acceptors (Lipinski definition) is 2. The van der Waals surface area contributed by atoms with Gasteiger partial charge in [0.25, 0.3) is 0 Å². The molecule has 2 rings (SSSR count). The van der Waals surface area contributed by atoms with E-state index in [0.717, 1.165) is 30.8 Å². The highest BCUT2D eigenvalue weighted by molar-refractivity contribution is 5.66. The van der Waals surface area contributed by atoms with Crippen molar-refractivity contribution >= 4 is 5.97 Å². The van der Waals surface area contributed by atoms with Crippen molar-refractivity contribution in [2.75, 3.05) is 13.6 Å². The Morgan fingerprint density at radius 1 is 1.40 bits per heavy atom. The molecule has 2 bridgehead atoms. The molecule has 2 aliphatic carbocycles. The smallest absolute Gasteiger partial charge is 0.303 e. The summed E-state index contributed by atoms with van der Waals surface area (Å²) in [6.45, 7) is 0.945. The molecule has 2 fully saturated rings. The molecule has 0 aliphatic heterocycles. The van der Waals surface area contributed by atoms with Crippen LogP contribution >= 0.6 is 0 Å².